The van der Waals surface area contributed by atoms with Crippen molar-refractivity contribution in [1.29, 1.82) is 0 Å². The summed E-state index contributed by atoms with van der Waals surface area (Å²) < 4.78 is 1.82. The molecule has 0 aliphatic carbocycles. The molecule has 1 aromatic heterocycles. The molecule has 0 unspecified atom stereocenters. The van der Waals surface area contributed by atoms with Crippen molar-refractivity contribution in [3.8, 4) is 5.69 Å². The molecule has 0 amide bonds. The minimum atomic E-state index is -0.858. The maximum atomic E-state index is 10.7. The molecule has 0 aliphatic rings. The topological polar surface area (TPSA) is 55.1 Å². The second-order valence-electron chi connectivity index (χ2n) is 4.24. The normalized spacial score (nSPS) is 10.6. The highest BCUT2D eigenvalue weighted by Gasteiger charge is 2.11. The highest BCUT2D eigenvalue weighted by atomic mass is 16.4. The molecule has 18 heavy (non-hydrogen) atoms. The van der Waals surface area contributed by atoms with Crippen molar-refractivity contribution >= 4 is 5.97 Å². The summed E-state index contributed by atoms with van der Waals surface area (Å²) in [6.07, 6.45) is 0.881. The number of rotatable bonds is 4. The van der Waals surface area contributed by atoms with Crippen LogP contribution in [-0.2, 0) is 17.6 Å². The van der Waals surface area contributed by atoms with Gasteiger partial charge in [0.25, 0.3) is 0 Å². The Bertz CT molecular complexity index is 573. The molecular formula is C14H16N2O2. The van der Waals surface area contributed by atoms with Crippen LogP contribution in [0.3, 0.4) is 0 Å². The molecular weight excluding hydrogens is 228 g/mol. The number of hydrogen-bond acceptors (Lipinski definition) is 2. The van der Waals surface area contributed by atoms with Crippen molar-refractivity contribution in [3.05, 3.63) is 47.3 Å². The van der Waals surface area contributed by atoms with Crippen LogP contribution in [-0.4, -0.2) is 20.9 Å². The molecule has 94 valence electrons. The van der Waals surface area contributed by atoms with Gasteiger partial charge in [-0.1, -0.05) is 25.1 Å². The first kappa shape index (κ1) is 12.4. The molecule has 0 saturated heterocycles. The minimum absolute atomic E-state index is 0.0396. The first-order chi connectivity index (χ1) is 8.61. The SMILES string of the molecule is CCc1ccccc1-n1nc(CC(=O)O)cc1C. The number of benzene rings is 1. The highest BCUT2D eigenvalue weighted by molar-refractivity contribution is 5.69. The Balaban J connectivity index is 2.44. The van der Waals surface area contributed by atoms with Gasteiger partial charge in [-0.2, -0.15) is 5.10 Å². The Labute approximate surface area is 106 Å². The van der Waals surface area contributed by atoms with Gasteiger partial charge in [0, 0.05) is 5.69 Å². The van der Waals surface area contributed by atoms with E-state index in [2.05, 4.69) is 18.1 Å². The van der Waals surface area contributed by atoms with Crippen LogP contribution in [0, 0.1) is 6.92 Å². The van der Waals surface area contributed by atoms with Crippen LogP contribution >= 0.6 is 0 Å². The van der Waals surface area contributed by atoms with Gasteiger partial charge in [-0.3, -0.25) is 4.79 Å². The summed E-state index contributed by atoms with van der Waals surface area (Å²) in [6, 6.07) is 9.85. The molecule has 2 rings (SSSR count). The summed E-state index contributed by atoms with van der Waals surface area (Å²) in [5, 5.41) is 13.2. The Morgan fingerprint density at radius 2 is 2.11 bits per heavy atom. The average Bonchev–Trinajstić information content (AvgIpc) is 2.69. The van der Waals surface area contributed by atoms with E-state index >= 15 is 0 Å². The van der Waals surface area contributed by atoms with Crippen molar-refractivity contribution in [1.82, 2.24) is 9.78 Å². The van der Waals surface area contributed by atoms with Crippen LogP contribution in [0.15, 0.2) is 30.3 Å². The van der Waals surface area contributed by atoms with E-state index in [4.69, 9.17) is 5.11 Å². The number of aromatic nitrogens is 2. The molecule has 0 bridgehead atoms. The quantitative estimate of drug-likeness (QED) is 0.898. The number of aliphatic carboxylic acids is 1. The maximum Gasteiger partial charge on any atom is 0.309 e. The highest BCUT2D eigenvalue weighted by Crippen LogP contribution is 2.17. The van der Waals surface area contributed by atoms with Crippen molar-refractivity contribution in [2.75, 3.05) is 0 Å². The van der Waals surface area contributed by atoms with Crippen LogP contribution in [0.4, 0.5) is 0 Å². The average molecular weight is 244 g/mol. The smallest absolute Gasteiger partial charge is 0.309 e. The van der Waals surface area contributed by atoms with Crippen LogP contribution in [0.1, 0.15) is 23.9 Å². The number of hydrogen-bond donors (Lipinski definition) is 1. The number of nitrogens with zero attached hydrogens (tertiary/aromatic N) is 2. The number of carboxylic acids is 1. The zero-order chi connectivity index (χ0) is 13.1. The molecule has 0 atom stereocenters. The predicted octanol–water partition coefficient (Wildman–Crippen LogP) is 2.37. The number of para-hydroxylation sites is 1. The molecule has 1 N–H and O–H groups in total. The standard InChI is InChI=1S/C14H16N2O2/c1-3-11-6-4-5-7-13(11)16-10(2)8-12(15-16)9-14(17)18/h4-8H,3,9H2,1-2H3,(H,17,18). The maximum absolute atomic E-state index is 10.7. The fourth-order valence-corrected chi connectivity index (χ4v) is 2.04. The van der Waals surface area contributed by atoms with E-state index < -0.39 is 5.97 Å². The van der Waals surface area contributed by atoms with Crippen LogP contribution < -0.4 is 0 Å². The molecule has 0 saturated carbocycles. The Morgan fingerprint density at radius 3 is 2.78 bits per heavy atom. The van der Waals surface area contributed by atoms with Crippen molar-refractivity contribution < 1.29 is 9.90 Å². The molecule has 0 radical (unpaired) electrons. The van der Waals surface area contributed by atoms with Gasteiger partial charge in [-0.15, -0.1) is 0 Å². The lowest BCUT2D eigenvalue weighted by molar-refractivity contribution is -0.136. The largest absolute Gasteiger partial charge is 0.481 e. The summed E-state index contributed by atoms with van der Waals surface area (Å²) in [7, 11) is 0. The fourth-order valence-electron chi connectivity index (χ4n) is 2.04. The molecule has 2 aromatic rings. The third-order valence-corrected chi connectivity index (χ3v) is 2.87. The van der Waals surface area contributed by atoms with Crippen molar-refractivity contribution in [2.45, 2.75) is 26.7 Å². The summed E-state index contributed by atoms with van der Waals surface area (Å²) in [6.45, 7) is 4.03. The first-order valence-electron chi connectivity index (χ1n) is 5.97. The first-order valence-corrected chi connectivity index (χ1v) is 5.97. The molecule has 0 aliphatic heterocycles. The number of carbonyl (C=O) groups is 1. The monoisotopic (exact) mass is 244 g/mol. The van der Waals surface area contributed by atoms with Gasteiger partial charge >= 0.3 is 5.97 Å². The molecule has 0 fully saturated rings. The lowest BCUT2D eigenvalue weighted by Gasteiger charge is -2.09. The van der Waals surface area contributed by atoms with Gasteiger partial charge in [0.15, 0.2) is 0 Å². The molecule has 4 nitrogen and oxygen atoms in total. The Hall–Kier alpha value is -2.10. The van der Waals surface area contributed by atoms with Crippen LogP contribution in [0.25, 0.3) is 5.69 Å². The second-order valence-corrected chi connectivity index (χ2v) is 4.24. The molecule has 4 heteroatoms. The van der Waals surface area contributed by atoms with E-state index in [1.165, 1.54) is 5.56 Å². The zero-order valence-corrected chi connectivity index (χ0v) is 10.6. The summed E-state index contributed by atoms with van der Waals surface area (Å²) in [5.74, 6) is -0.858. The van der Waals surface area contributed by atoms with E-state index in [1.54, 1.807) is 0 Å². The second kappa shape index (κ2) is 5.04. The Morgan fingerprint density at radius 1 is 1.39 bits per heavy atom. The van der Waals surface area contributed by atoms with Crippen molar-refractivity contribution in [3.63, 3.8) is 0 Å². The minimum Gasteiger partial charge on any atom is -0.481 e. The van der Waals surface area contributed by atoms with E-state index in [1.807, 2.05) is 35.9 Å². The Kier molecular flexibility index (Phi) is 3.46. The van der Waals surface area contributed by atoms with Gasteiger partial charge < -0.3 is 5.11 Å². The van der Waals surface area contributed by atoms with E-state index in [9.17, 15) is 4.79 Å². The third kappa shape index (κ3) is 2.42. The van der Waals surface area contributed by atoms with Crippen LogP contribution in [0.2, 0.25) is 0 Å². The van der Waals surface area contributed by atoms with Gasteiger partial charge in [-0.25, -0.2) is 4.68 Å². The number of carboxylic acid groups (broad SMARTS) is 1. The van der Waals surface area contributed by atoms with Crippen LogP contribution in [0.5, 0.6) is 0 Å². The van der Waals surface area contributed by atoms with Gasteiger partial charge in [-0.05, 0) is 31.0 Å². The third-order valence-electron chi connectivity index (χ3n) is 2.87. The molecule has 1 heterocycles. The zero-order valence-electron chi connectivity index (χ0n) is 10.6. The van der Waals surface area contributed by atoms with Gasteiger partial charge in [0.2, 0.25) is 0 Å². The van der Waals surface area contributed by atoms with Gasteiger partial charge in [0.1, 0.15) is 0 Å². The lowest BCUT2D eigenvalue weighted by atomic mass is 10.1. The molecule has 1 aromatic carbocycles. The number of aryl methyl sites for hydroxylation is 2. The van der Waals surface area contributed by atoms with E-state index in [0.29, 0.717) is 5.69 Å². The van der Waals surface area contributed by atoms with Crippen molar-refractivity contribution in [2.24, 2.45) is 0 Å². The lowest BCUT2D eigenvalue weighted by Crippen LogP contribution is -2.05. The summed E-state index contributed by atoms with van der Waals surface area (Å²) >= 11 is 0. The fraction of sp³-hybridized carbons (Fsp3) is 0.286. The molecule has 0 spiro atoms. The summed E-state index contributed by atoms with van der Waals surface area (Å²) in [4.78, 5) is 10.7. The predicted molar refractivity (Wildman–Crippen MR) is 69.0 cm³/mol. The van der Waals surface area contributed by atoms with E-state index in [-0.39, 0.29) is 6.42 Å². The van der Waals surface area contributed by atoms with E-state index in [0.717, 1.165) is 17.8 Å². The van der Waals surface area contributed by atoms with Gasteiger partial charge in [0.05, 0.1) is 17.8 Å². The summed E-state index contributed by atoms with van der Waals surface area (Å²) in [5.41, 5.74) is 3.76.